The molecule has 1 aromatic heterocycles. The van der Waals surface area contributed by atoms with Crippen molar-refractivity contribution in [2.45, 2.75) is 64.8 Å². The molecular formula is C17H22O4. The number of esters is 1. The Labute approximate surface area is 124 Å². The molecule has 0 bridgehead atoms. The Balaban J connectivity index is 1.90. The largest absolute Gasteiger partial charge is 0.469 e. The van der Waals surface area contributed by atoms with Crippen molar-refractivity contribution < 1.29 is 18.7 Å². The maximum Gasteiger partial charge on any atom is 0.303 e. The molecule has 114 valence electrons. The molecule has 0 radical (unpaired) electrons. The smallest absolute Gasteiger partial charge is 0.303 e. The zero-order valence-electron chi connectivity index (χ0n) is 13.1. The number of rotatable bonds is 1. The first-order valence-corrected chi connectivity index (χ1v) is 7.82. The van der Waals surface area contributed by atoms with Gasteiger partial charge in [-0.1, -0.05) is 13.8 Å². The quantitative estimate of drug-likeness (QED) is 0.588. The van der Waals surface area contributed by atoms with E-state index in [1.165, 1.54) is 6.92 Å². The molecule has 0 aromatic carbocycles. The van der Waals surface area contributed by atoms with Gasteiger partial charge in [0.15, 0.2) is 0 Å². The highest BCUT2D eigenvalue weighted by molar-refractivity contribution is 5.67. The van der Waals surface area contributed by atoms with Crippen molar-refractivity contribution >= 4 is 5.97 Å². The van der Waals surface area contributed by atoms with Crippen molar-refractivity contribution in [2.75, 3.05) is 0 Å². The van der Waals surface area contributed by atoms with Gasteiger partial charge in [0, 0.05) is 24.3 Å². The first-order chi connectivity index (χ1) is 9.90. The summed E-state index contributed by atoms with van der Waals surface area (Å²) >= 11 is 0. The fourth-order valence-corrected chi connectivity index (χ4v) is 4.81. The molecule has 3 aliphatic rings. The topological polar surface area (TPSA) is 52.0 Å². The molecule has 1 aliphatic heterocycles. The molecule has 2 heterocycles. The number of hydrogen-bond acceptors (Lipinski definition) is 4. The van der Waals surface area contributed by atoms with Gasteiger partial charge in [0.05, 0.1) is 12.4 Å². The van der Waals surface area contributed by atoms with E-state index in [-0.39, 0.29) is 29.2 Å². The van der Waals surface area contributed by atoms with Crippen LogP contribution in [0.1, 0.15) is 56.6 Å². The average Bonchev–Trinajstić information content (AvgIpc) is 3.02. The highest BCUT2D eigenvalue weighted by Gasteiger charge is 2.75. The molecule has 0 amide bonds. The summed E-state index contributed by atoms with van der Waals surface area (Å²) in [4.78, 5) is 11.7. The van der Waals surface area contributed by atoms with Crippen LogP contribution in [0.25, 0.3) is 0 Å². The summed E-state index contributed by atoms with van der Waals surface area (Å²) < 4.78 is 17.7. The Hall–Kier alpha value is -1.29. The second-order valence-corrected chi connectivity index (χ2v) is 7.18. The van der Waals surface area contributed by atoms with Gasteiger partial charge in [-0.3, -0.25) is 4.79 Å². The van der Waals surface area contributed by atoms with Crippen molar-refractivity contribution in [3.63, 3.8) is 0 Å². The SMILES string of the molecule is CC(=O)O[C@@H]1c2c(C)coc2C[C@@]23O[C@@H]2CC[C@H](C)[C@@]13C. The molecule has 0 unspecified atom stereocenters. The van der Waals surface area contributed by atoms with E-state index in [0.29, 0.717) is 5.92 Å². The minimum absolute atomic E-state index is 0.177. The highest BCUT2D eigenvalue weighted by atomic mass is 16.6. The van der Waals surface area contributed by atoms with Crippen LogP contribution >= 0.6 is 0 Å². The number of carbonyl (C=O) groups is 1. The van der Waals surface area contributed by atoms with Crippen LogP contribution in [0.4, 0.5) is 0 Å². The number of ether oxygens (including phenoxy) is 2. The fraction of sp³-hybridized carbons (Fsp3) is 0.706. The summed E-state index contributed by atoms with van der Waals surface area (Å²) in [5.74, 6) is 1.15. The van der Waals surface area contributed by atoms with E-state index in [1.54, 1.807) is 6.26 Å². The van der Waals surface area contributed by atoms with Gasteiger partial charge in [0.25, 0.3) is 0 Å². The van der Waals surface area contributed by atoms with E-state index in [0.717, 1.165) is 36.1 Å². The number of fused-ring (bicyclic) bond motifs is 1. The molecule has 0 N–H and O–H groups in total. The first-order valence-electron chi connectivity index (χ1n) is 7.82. The third-order valence-electron chi connectivity index (χ3n) is 6.23. The van der Waals surface area contributed by atoms with Gasteiger partial charge in [-0.25, -0.2) is 0 Å². The monoisotopic (exact) mass is 290 g/mol. The summed E-state index contributed by atoms with van der Waals surface area (Å²) in [6.45, 7) is 8.01. The standard InChI is InChI=1S/C17H22O4/c1-9-8-19-12-7-17-13(21-17)6-5-10(2)16(17,4)15(14(9)12)20-11(3)18/h8,10,13,15H,5-7H2,1-4H3/t10-,13+,15+,16-,17+/m0/s1. The number of hydrogen-bond donors (Lipinski definition) is 0. The Morgan fingerprint density at radius 2 is 2.19 bits per heavy atom. The molecule has 1 spiro atoms. The van der Waals surface area contributed by atoms with Gasteiger partial charge in [-0.15, -0.1) is 0 Å². The molecule has 1 aromatic rings. The van der Waals surface area contributed by atoms with E-state index in [4.69, 9.17) is 13.9 Å². The molecule has 4 nitrogen and oxygen atoms in total. The van der Waals surface area contributed by atoms with E-state index in [2.05, 4.69) is 13.8 Å². The van der Waals surface area contributed by atoms with Crippen LogP contribution in [0, 0.1) is 18.3 Å². The predicted octanol–water partition coefficient (Wildman–Crippen LogP) is 3.32. The summed E-state index contributed by atoms with van der Waals surface area (Å²) in [5.41, 5.74) is 1.76. The minimum atomic E-state index is -0.266. The molecule has 2 aliphatic carbocycles. The van der Waals surface area contributed by atoms with Crippen LogP contribution in [0.2, 0.25) is 0 Å². The van der Waals surface area contributed by atoms with E-state index < -0.39 is 0 Å². The van der Waals surface area contributed by atoms with Gasteiger partial charge < -0.3 is 13.9 Å². The predicted molar refractivity (Wildman–Crippen MR) is 75.8 cm³/mol. The van der Waals surface area contributed by atoms with Crippen molar-refractivity contribution in [2.24, 2.45) is 11.3 Å². The summed E-state index contributed by atoms with van der Waals surface area (Å²) in [6, 6.07) is 0. The lowest BCUT2D eigenvalue weighted by Crippen LogP contribution is -2.54. The molecule has 2 fully saturated rings. The third kappa shape index (κ3) is 1.47. The van der Waals surface area contributed by atoms with Crippen LogP contribution < -0.4 is 0 Å². The van der Waals surface area contributed by atoms with Gasteiger partial charge in [-0.05, 0) is 31.2 Å². The van der Waals surface area contributed by atoms with Crippen LogP contribution in [-0.4, -0.2) is 17.7 Å². The molecule has 1 saturated carbocycles. The molecule has 5 atom stereocenters. The van der Waals surface area contributed by atoms with Crippen LogP contribution in [0.3, 0.4) is 0 Å². The van der Waals surface area contributed by atoms with Gasteiger partial charge in [0.1, 0.15) is 17.5 Å². The molecular weight excluding hydrogens is 268 g/mol. The van der Waals surface area contributed by atoms with Crippen molar-refractivity contribution in [3.05, 3.63) is 23.2 Å². The minimum Gasteiger partial charge on any atom is -0.469 e. The zero-order valence-corrected chi connectivity index (χ0v) is 13.1. The summed E-state index contributed by atoms with van der Waals surface area (Å²) in [6.07, 6.45) is 4.82. The van der Waals surface area contributed by atoms with Crippen molar-refractivity contribution in [1.29, 1.82) is 0 Å². The van der Waals surface area contributed by atoms with Crippen molar-refractivity contribution in [3.8, 4) is 0 Å². The third-order valence-corrected chi connectivity index (χ3v) is 6.23. The second kappa shape index (κ2) is 3.92. The lowest BCUT2D eigenvalue weighted by Gasteiger charge is -2.50. The Morgan fingerprint density at radius 3 is 2.90 bits per heavy atom. The Kier molecular flexibility index (Phi) is 2.49. The van der Waals surface area contributed by atoms with E-state index in [9.17, 15) is 4.79 Å². The zero-order chi connectivity index (χ0) is 15.0. The number of aryl methyl sites for hydroxylation is 1. The maximum absolute atomic E-state index is 11.7. The lowest BCUT2D eigenvalue weighted by molar-refractivity contribution is -0.166. The molecule has 21 heavy (non-hydrogen) atoms. The lowest BCUT2D eigenvalue weighted by atomic mass is 9.53. The second-order valence-electron chi connectivity index (χ2n) is 7.18. The number of furan rings is 1. The number of carbonyl (C=O) groups excluding carboxylic acids is 1. The first kappa shape index (κ1) is 13.4. The average molecular weight is 290 g/mol. The van der Waals surface area contributed by atoms with Crippen molar-refractivity contribution in [1.82, 2.24) is 0 Å². The number of epoxide rings is 1. The molecule has 4 rings (SSSR count). The Bertz CT molecular complexity index is 618. The maximum atomic E-state index is 11.7. The molecule has 4 heteroatoms. The van der Waals surface area contributed by atoms with E-state index >= 15 is 0 Å². The normalized spacial score (nSPS) is 43.5. The summed E-state index contributed by atoms with van der Waals surface area (Å²) in [5, 5.41) is 0. The highest BCUT2D eigenvalue weighted by Crippen LogP contribution is 2.69. The van der Waals surface area contributed by atoms with Crippen LogP contribution in [-0.2, 0) is 20.7 Å². The van der Waals surface area contributed by atoms with Gasteiger partial charge >= 0.3 is 5.97 Å². The van der Waals surface area contributed by atoms with E-state index in [1.807, 2.05) is 6.92 Å². The van der Waals surface area contributed by atoms with Crippen LogP contribution in [0.5, 0.6) is 0 Å². The Morgan fingerprint density at radius 1 is 1.43 bits per heavy atom. The van der Waals surface area contributed by atoms with Gasteiger partial charge in [0.2, 0.25) is 0 Å². The van der Waals surface area contributed by atoms with Crippen LogP contribution in [0.15, 0.2) is 10.7 Å². The van der Waals surface area contributed by atoms with Gasteiger partial charge in [-0.2, -0.15) is 0 Å². The fourth-order valence-electron chi connectivity index (χ4n) is 4.81. The molecule has 1 saturated heterocycles. The summed E-state index contributed by atoms with van der Waals surface area (Å²) in [7, 11) is 0.